The van der Waals surface area contributed by atoms with Gasteiger partial charge in [0.1, 0.15) is 6.61 Å². The van der Waals surface area contributed by atoms with Gasteiger partial charge >= 0.3 is 11.9 Å². The maximum atomic E-state index is 12.6. The van der Waals surface area contributed by atoms with E-state index in [-0.39, 0.29) is 25.2 Å². The van der Waals surface area contributed by atoms with Gasteiger partial charge in [-0.25, -0.2) is 0 Å². The van der Waals surface area contributed by atoms with Crippen LogP contribution in [-0.4, -0.2) is 37.9 Å². The van der Waals surface area contributed by atoms with Gasteiger partial charge in [0.2, 0.25) is 0 Å². The summed E-state index contributed by atoms with van der Waals surface area (Å²) in [5.74, 6) is -0.431. The minimum Gasteiger partial charge on any atom is -0.462 e. The Kier molecular flexibility index (Phi) is 48.0. The SMILES string of the molecule is CC/C=C\C/C=C\C/C=C\C/C=C\C/C=C\CCCCCCOCC(COC(=O)CCCCCCCCCCC/C=C\C/C=C\CCCCC)OC(=O)CCCCCCC. The van der Waals surface area contributed by atoms with Crippen LogP contribution < -0.4 is 0 Å². The predicted molar refractivity (Wildman–Crippen MR) is 260 cm³/mol. The molecule has 5 nitrogen and oxygen atoms in total. The number of allylic oxidation sites excluding steroid dienone is 14. The van der Waals surface area contributed by atoms with Crippen molar-refractivity contribution in [1.82, 2.24) is 0 Å². The van der Waals surface area contributed by atoms with E-state index in [1.807, 2.05) is 0 Å². The number of carbonyl (C=O) groups is 2. The first-order valence-electron chi connectivity index (χ1n) is 25.1. The fraction of sp³-hybridized carbons (Fsp3) is 0.709. The van der Waals surface area contributed by atoms with E-state index in [1.165, 1.54) is 96.3 Å². The first-order valence-corrected chi connectivity index (χ1v) is 25.1. The lowest BCUT2D eigenvalue weighted by Gasteiger charge is -2.18. The highest BCUT2D eigenvalue weighted by Gasteiger charge is 2.17. The van der Waals surface area contributed by atoms with Crippen LogP contribution >= 0.6 is 0 Å². The van der Waals surface area contributed by atoms with Crippen LogP contribution in [0.25, 0.3) is 0 Å². The van der Waals surface area contributed by atoms with Crippen LogP contribution in [0.1, 0.15) is 226 Å². The Balaban J connectivity index is 4.09. The summed E-state index contributed by atoms with van der Waals surface area (Å²) in [5, 5.41) is 0. The summed E-state index contributed by atoms with van der Waals surface area (Å²) >= 11 is 0. The molecule has 344 valence electrons. The maximum absolute atomic E-state index is 12.6. The van der Waals surface area contributed by atoms with Crippen LogP contribution in [0.5, 0.6) is 0 Å². The Hall–Kier alpha value is -2.92. The molecule has 0 aromatic rings. The molecule has 0 saturated carbocycles. The van der Waals surface area contributed by atoms with Crippen molar-refractivity contribution in [3.8, 4) is 0 Å². The van der Waals surface area contributed by atoms with Gasteiger partial charge in [-0.2, -0.15) is 0 Å². The average molecular weight is 835 g/mol. The van der Waals surface area contributed by atoms with Crippen molar-refractivity contribution in [1.29, 1.82) is 0 Å². The van der Waals surface area contributed by atoms with Crippen molar-refractivity contribution in [3.63, 3.8) is 0 Å². The largest absolute Gasteiger partial charge is 0.462 e. The van der Waals surface area contributed by atoms with Crippen molar-refractivity contribution in [2.24, 2.45) is 0 Å². The number of unbranched alkanes of at least 4 members (excludes halogenated alkanes) is 20. The maximum Gasteiger partial charge on any atom is 0.306 e. The Morgan fingerprint density at radius 2 is 0.750 bits per heavy atom. The molecule has 0 saturated heterocycles. The molecule has 1 atom stereocenters. The van der Waals surface area contributed by atoms with Crippen LogP contribution in [0.3, 0.4) is 0 Å². The molecule has 0 aromatic heterocycles. The molecular formula is C55H94O5. The van der Waals surface area contributed by atoms with E-state index >= 15 is 0 Å². The molecule has 0 N–H and O–H groups in total. The van der Waals surface area contributed by atoms with Crippen molar-refractivity contribution < 1.29 is 23.8 Å². The molecule has 0 fully saturated rings. The summed E-state index contributed by atoms with van der Waals surface area (Å²) in [6, 6.07) is 0. The first-order chi connectivity index (χ1) is 29.6. The average Bonchev–Trinajstić information content (AvgIpc) is 3.25. The molecular weight excluding hydrogens is 741 g/mol. The molecule has 0 bridgehead atoms. The Morgan fingerprint density at radius 3 is 1.23 bits per heavy atom. The molecule has 0 aliphatic carbocycles. The van der Waals surface area contributed by atoms with Gasteiger partial charge in [0.15, 0.2) is 6.10 Å². The third-order valence-electron chi connectivity index (χ3n) is 10.4. The molecule has 0 amide bonds. The summed E-state index contributed by atoms with van der Waals surface area (Å²) < 4.78 is 17.2. The summed E-state index contributed by atoms with van der Waals surface area (Å²) in [7, 11) is 0. The molecule has 1 unspecified atom stereocenters. The fourth-order valence-corrected chi connectivity index (χ4v) is 6.68. The molecule has 0 heterocycles. The zero-order valence-electron chi connectivity index (χ0n) is 39.5. The summed E-state index contributed by atoms with van der Waals surface area (Å²) in [5.41, 5.74) is 0. The van der Waals surface area contributed by atoms with E-state index in [0.29, 0.717) is 19.4 Å². The van der Waals surface area contributed by atoms with Crippen LogP contribution in [0.4, 0.5) is 0 Å². The number of carbonyl (C=O) groups excluding carboxylic acids is 2. The second-order valence-corrected chi connectivity index (χ2v) is 16.3. The molecule has 0 aromatic carbocycles. The summed E-state index contributed by atoms with van der Waals surface area (Å²) in [6.07, 6.45) is 66.2. The monoisotopic (exact) mass is 835 g/mol. The summed E-state index contributed by atoms with van der Waals surface area (Å²) in [4.78, 5) is 25.1. The van der Waals surface area contributed by atoms with Crippen LogP contribution in [0, 0.1) is 0 Å². The van der Waals surface area contributed by atoms with E-state index in [9.17, 15) is 9.59 Å². The second-order valence-electron chi connectivity index (χ2n) is 16.3. The van der Waals surface area contributed by atoms with E-state index in [2.05, 4.69) is 106 Å². The van der Waals surface area contributed by atoms with Crippen LogP contribution in [-0.2, 0) is 23.8 Å². The molecule has 60 heavy (non-hydrogen) atoms. The third kappa shape index (κ3) is 47.8. The van der Waals surface area contributed by atoms with Crippen molar-refractivity contribution >= 4 is 11.9 Å². The highest BCUT2D eigenvalue weighted by Crippen LogP contribution is 2.13. The Morgan fingerprint density at radius 1 is 0.383 bits per heavy atom. The lowest BCUT2D eigenvalue weighted by molar-refractivity contribution is -0.163. The third-order valence-corrected chi connectivity index (χ3v) is 10.4. The summed E-state index contributed by atoms with van der Waals surface area (Å²) in [6.45, 7) is 7.56. The zero-order chi connectivity index (χ0) is 43.5. The van der Waals surface area contributed by atoms with Gasteiger partial charge in [0.05, 0.1) is 6.61 Å². The molecule has 0 spiro atoms. The van der Waals surface area contributed by atoms with Crippen LogP contribution in [0.2, 0.25) is 0 Å². The predicted octanol–water partition coefficient (Wildman–Crippen LogP) is 16.9. The van der Waals surface area contributed by atoms with Crippen LogP contribution in [0.15, 0.2) is 85.1 Å². The lowest BCUT2D eigenvalue weighted by atomic mass is 10.1. The molecule has 5 heteroatoms. The molecule has 0 radical (unpaired) electrons. The quantitative estimate of drug-likeness (QED) is 0.0347. The highest BCUT2D eigenvalue weighted by atomic mass is 16.6. The Labute approximate surface area is 371 Å². The van der Waals surface area contributed by atoms with Gasteiger partial charge in [-0.15, -0.1) is 0 Å². The highest BCUT2D eigenvalue weighted by molar-refractivity contribution is 5.70. The number of rotatable bonds is 45. The number of hydrogen-bond donors (Lipinski definition) is 0. The smallest absolute Gasteiger partial charge is 0.306 e. The van der Waals surface area contributed by atoms with Gasteiger partial charge in [0, 0.05) is 19.4 Å². The minimum absolute atomic E-state index is 0.0691. The number of esters is 2. The zero-order valence-corrected chi connectivity index (χ0v) is 39.5. The van der Waals surface area contributed by atoms with Gasteiger partial charge in [-0.05, 0) is 96.3 Å². The molecule has 0 rings (SSSR count). The van der Waals surface area contributed by atoms with E-state index in [0.717, 1.165) is 96.3 Å². The van der Waals surface area contributed by atoms with E-state index in [1.54, 1.807) is 0 Å². The Bertz CT molecular complexity index is 1130. The molecule has 0 aliphatic heterocycles. The van der Waals surface area contributed by atoms with E-state index < -0.39 is 6.10 Å². The van der Waals surface area contributed by atoms with Gasteiger partial charge in [-0.3, -0.25) is 9.59 Å². The van der Waals surface area contributed by atoms with Gasteiger partial charge in [0.25, 0.3) is 0 Å². The van der Waals surface area contributed by atoms with Gasteiger partial charge in [-0.1, -0.05) is 202 Å². The van der Waals surface area contributed by atoms with Gasteiger partial charge < -0.3 is 14.2 Å². The minimum atomic E-state index is -0.550. The second kappa shape index (κ2) is 50.4. The van der Waals surface area contributed by atoms with E-state index in [4.69, 9.17) is 14.2 Å². The number of hydrogen-bond acceptors (Lipinski definition) is 5. The normalized spacial score (nSPS) is 12.9. The van der Waals surface area contributed by atoms with Crippen molar-refractivity contribution in [2.75, 3.05) is 19.8 Å². The lowest BCUT2D eigenvalue weighted by Crippen LogP contribution is -2.30. The first kappa shape index (κ1) is 57.1. The van der Waals surface area contributed by atoms with Crippen molar-refractivity contribution in [2.45, 2.75) is 232 Å². The number of ether oxygens (including phenoxy) is 3. The standard InChI is InChI=1S/C55H94O5/c1-4-7-10-13-15-17-19-21-23-25-27-29-31-33-35-37-39-41-44-47-50-58-51-53(60-55(57)49-46-42-12-9-6-3)52-59-54(56)48-45-43-40-38-36-34-32-30-28-26-24-22-20-18-16-14-11-8-5-2/h7,10,15-18,21-24,27,29,33,35,53H,4-6,8-9,11-14,19-20,25-26,28,30-32,34,36-52H2,1-3H3/b10-7-,17-15-,18-16-,23-21-,24-22-,29-27-,35-33-. The topological polar surface area (TPSA) is 61.8 Å². The van der Waals surface area contributed by atoms with Crippen molar-refractivity contribution in [3.05, 3.63) is 85.1 Å². The molecule has 0 aliphatic rings. The fourth-order valence-electron chi connectivity index (χ4n) is 6.68.